The largest absolute Gasteiger partial charge is 0.394 e. The van der Waals surface area contributed by atoms with Crippen molar-refractivity contribution in [2.75, 3.05) is 11.9 Å². The SMILES string of the molecule is O=C1Nc2ccc(C(=O)N[C@H](CO)c3ccccc3)cc2/C1=C(\c1ccc(Cl)c(Cl)c1)c1ncc[nH]1. The zero-order valence-corrected chi connectivity index (χ0v) is 20.3. The molecule has 180 valence electrons. The maximum atomic E-state index is 13.2. The predicted molar refractivity (Wildman–Crippen MR) is 140 cm³/mol. The average Bonchev–Trinajstić information content (AvgIpc) is 3.53. The minimum atomic E-state index is -0.573. The maximum Gasteiger partial charge on any atom is 0.257 e. The van der Waals surface area contributed by atoms with E-state index < -0.39 is 6.04 Å². The van der Waals surface area contributed by atoms with Crippen molar-refractivity contribution >= 4 is 51.8 Å². The molecular weight excluding hydrogens is 499 g/mol. The Morgan fingerprint density at radius 1 is 1.00 bits per heavy atom. The van der Waals surface area contributed by atoms with Gasteiger partial charge in [-0.3, -0.25) is 9.59 Å². The van der Waals surface area contributed by atoms with Crippen molar-refractivity contribution in [3.8, 4) is 0 Å². The number of halogens is 2. The topological polar surface area (TPSA) is 107 Å². The van der Waals surface area contributed by atoms with Crippen LogP contribution in [0.1, 0.15) is 38.9 Å². The molecule has 7 nitrogen and oxygen atoms in total. The Kier molecular flexibility index (Phi) is 6.61. The van der Waals surface area contributed by atoms with Gasteiger partial charge in [0, 0.05) is 34.8 Å². The van der Waals surface area contributed by atoms with Gasteiger partial charge in [-0.25, -0.2) is 4.98 Å². The Balaban J connectivity index is 1.59. The van der Waals surface area contributed by atoms with Gasteiger partial charge in [-0.1, -0.05) is 59.6 Å². The van der Waals surface area contributed by atoms with Crippen LogP contribution in [0.4, 0.5) is 5.69 Å². The number of hydrogen-bond acceptors (Lipinski definition) is 4. The van der Waals surface area contributed by atoms with E-state index in [2.05, 4.69) is 20.6 Å². The second-order valence-corrected chi connectivity index (χ2v) is 8.96. The molecule has 0 radical (unpaired) electrons. The van der Waals surface area contributed by atoms with Gasteiger partial charge in [0.1, 0.15) is 5.82 Å². The number of nitrogens with one attached hydrogen (secondary N) is 3. The fourth-order valence-electron chi connectivity index (χ4n) is 4.17. The van der Waals surface area contributed by atoms with Crippen LogP contribution in [-0.2, 0) is 4.79 Å². The summed E-state index contributed by atoms with van der Waals surface area (Å²) in [6.07, 6.45) is 3.24. The molecule has 4 N–H and O–H groups in total. The van der Waals surface area contributed by atoms with Gasteiger partial charge in [-0.2, -0.15) is 0 Å². The van der Waals surface area contributed by atoms with Gasteiger partial charge in [0.15, 0.2) is 0 Å². The highest BCUT2D eigenvalue weighted by atomic mass is 35.5. The summed E-state index contributed by atoms with van der Waals surface area (Å²) >= 11 is 12.4. The molecule has 0 fully saturated rings. The summed E-state index contributed by atoms with van der Waals surface area (Å²) in [6, 6.07) is 18.7. The second kappa shape index (κ2) is 9.99. The number of aliphatic hydroxyl groups excluding tert-OH is 1. The summed E-state index contributed by atoms with van der Waals surface area (Å²) in [7, 11) is 0. The van der Waals surface area contributed by atoms with Crippen LogP contribution in [0.5, 0.6) is 0 Å². The number of nitrogens with zero attached hydrogens (tertiary/aromatic N) is 1. The van der Waals surface area contributed by atoms with Gasteiger partial charge < -0.3 is 20.7 Å². The molecule has 0 saturated carbocycles. The fraction of sp³-hybridized carbons (Fsp3) is 0.0741. The molecule has 1 aliphatic heterocycles. The van der Waals surface area contributed by atoms with E-state index in [4.69, 9.17) is 23.2 Å². The smallest absolute Gasteiger partial charge is 0.257 e. The van der Waals surface area contributed by atoms with Crippen LogP contribution < -0.4 is 10.6 Å². The van der Waals surface area contributed by atoms with Crippen molar-refractivity contribution in [1.29, 1.82) is 0 Å². The molecule has 36 heavy (non-hydrogen) atoms. The second-order valence-electron chi connectivity index (χ2n) is 8.15. The van der Waals surface area contributed by atoms with Crippen LogP contribution >= 0.6 is 23.2 Å². The summed E-state index contributed by atoms with van der Waals surface area (Å²) < 4.78 is 0. The van der Waals surface area contributed by atoms with Crippen molar-refractivity contribution in [3.05, 3.63) is 117 Å². The molecule has 0 spiro atoms. The number of benzene rings is 3. The van der Waals surface area contributed by atoms with Crippen LogP contribution in [0.2, 0.25) is 10.0 Å². The standard InChI is InChI=1S/C27H20Cl2N4O3/c28-19-8-6-16(13-20(19)29)23(25-30-10-11-31-25)24-18-12-17(7-9-21(18)32-27(24)36)26(35)33-22(14-34)15-4-2-1-3-5-15/h1-13,22,34H,14H2,(H,30,31)(H,32,36)(H,33,35)/b24-23-/t22-/m1/s1. The number of amides is 2. The minimum Gasteiger partial charge on any atom is -0.394 e. The first kappa shape index (κ1) is 23.8. The molecule has 1 aliphatic rings. The van der Waals surface area contributed by atoms with Gasteiger partial charge in [0.05, 0.1) is 28.3 Å². The number of carbonyl (C=O) groups is 2. The lowest BCUT2D eigenvalue weighted by atomic mass is 9.93. The third-order valence-electron chi connectivity index (χ3n) is 5.91. The van der Waals surface area contributed by atoms with E-state index in [1.807, 2.05) is 30.3 Å². The Morgan fingerprint density at radius 3 is 2.47 bits per heavy atom. The van der Waals surface area contributed by atoms with E-state index >= 15 is 0 Å². The number of fused-ring (bicyclic) bond motifs is 1. The number of aromatic nitrogens is 2. The highest BCUT2D eigenvalue weighted by Crippen LogP contribution is 2.40. The van der Waals surface area contributed by atoms with Crippen molar-refractivity contribution in [2.45, 2.75) is 6.04 Å². The third kappa shape index (κ3) is 4.52. The molecule has 1 atom stereocenters. The van der Waals surface area contributed by atoms with Gasteiger partial charge in [-0.15, -0.1) is 0 Å². The Bertz CT molecular complexity index is 1480. The lowest BCUT2D eigenvalue weighted by Crippen LogP contribution is -2.30. The number of rotatable bonds is 6. The molecule has 4 aromatic rings. The first-order valence-electron chi connectivity index (χ1n) is 11.1. The number of carbonyl (C=O) groups excluding carboxylic acids is 2. The first-order chi connectivity index (χ1) is 17.5. The number of hydrogen-bond donors (Lipinski definition) is 4. The molecule has 2 heterocycles. The van der Waals surface area contributed by atoms with Crippen LogP contribution in [0.3, 0.4) is 0 Å². The van der Waals surface area contributed by atoms with Crippen LogP contribution in [0, 0.1) is 0 Å². The number of aromatic amines is 1. The summed E-state index contributed by atoms with van der Waals surface area (Å²) in [5.74, 6) is -0.253. The number of imidazole rings is 1. The number of anilines is 1. The predicted octanol–water partition coefficient (Wildman–Crippen LogP) is 5.09. The third-order valence-corrected chi connectivity index (χ3v) is 6.65. The van der Waals surface area contributed by atoms with Gasteiger partial charge in [-0.05, 0) is 41.5 Å². The lowest BCUT2D eigenvalue weighted by Gasteiger charge is -2.17. The summed E-state index contributed by atoms with van der Waals surface area (Å²) in [6.45, 7) is -0.258. The maximum absolute atomic E-state index is 13.2. The van der Waals surface area contributed by atoms with Gasteiger partial charge >= 0.3 is 0 Å². The highest BCUT2D eigenvalue weighted by molar-refractivity contribution is 6.42. The fourth-order valence-corrected chi connectivity index (χ4v) is 4.47. The Hall–Kier alpha value is -3.91. The highest BCUT2D eigenvalue weighted by Gasteiger charge is 2.31. The summed E-state index contributed by atoms with van der Waals surface area (Å²) in [4.78, 5) is 33.7. The summed E-state index contributed by atoms with van der Waals surface area (Å²) in [5.41, 5.74) is 3.73. The van der Waals surface area contributed by atoms with Crippen LogP contribution in [-0.4, -0.2) is 33.5 Å². The molecule has 2 amide bonds. The van der Waals surface area contributed by atoms with E-state index in [9.17, 15) is 14.7 Å². The molecule has 0 bridgehead atoms. The molecular formula is C27H20Cl2N4O3. The number of H-pyrrole nitrogens is 1. The zero-order chi connectivity index (χ0) is 25.2. The molecule has 5 rings (SSSR count). The van der Waals surface area contributed by atoms with E-state index in [0.717, 1.165) is 5.56 Å². The Morgan fingerprint density at radius 2 is 1.78 bits per heavy atom. The monoisotopic (exact) mass is 518 g/mol. The van der Waals surface area contributed by atoms with E-state index in [-0.39, 0.29) is 18.4 Å². The van der Waals surface area contributed by atoms with Crippen molar-refractivity contribution in [2.24, 2.45) is 0 Å². The van der Waals surface area contributed by atoms with Gasteiger partial charge in [0.25, 0.3) is 11.8 Å². The molecule has 3 aromatic carbocycles. The molecule has 0 saturated heterocycles. The molecule has 9 heteroatoms. The molecule has 0 aliphatic carbocycles. The van der Waals surface area contributed by atoms with Gasteiger partial charge in [0.2, 0.25) is 0 Å². The molecule has 0 unspecified atom stereocenters. The zero-order valence-electron chi connectivity index (χ0n) is 18.8. The van der Waals surface area contributed by atoms with E-state index in [1.165, 1.54) is 0 Å². The molecule has 1 aromatic heterocycles. The van der Waals surface area contributed by atoms with Crippen molar-refractivity contribution in [1.82, 2.24) is 15.3 Å². The normalized spacial score (nSPS) is 14.7. The summed E-state index contributed by atoms with van der Waals surface area (Å²) in [5, 5.41) is 16.3. The first-order valence-corrected chi connectivity index (χ1v) is 11.8. The Labute approximate surface area is 216 Å². The van der Waals surface area contributed by atoms with E-state index in [0.29, 0.717) is 49.4 Å². The van der Waals surface area contributed by atoms with Crippen LogP contribution in [0.15, 0.2) is 79.1 Å². The van der Waals surface area contributed by atoms with Crippen LogP contribution in [0.25, 0.3) is 11.1 Å². The van der Waals surface area contributed by atoms with Crippen molar-refractivity contribution in [3.63, 3.8) is 0 Å². The van der Waals surface area contributed by atoms with Crippen molar-refractivity contribution < 1.29 is 14.7 Å². The van der Waals surface area contributed by atoms with E-state index in [1.54, 1.807) is 48.8 Å². The quantitative estimate of drug-likeness (QED) is 0.266. The number of aliphatic hydroxyl groups is 1. The lowest BCUT2D eigenvalue weighted by molar-refractivity contribution is -0.110. The minimum absolute atomic E-state index is 0.258. The average molecular weight is 519 g/mol.